The molecule has 6 aliphatic heterocycles. The summed E-state index contributed by atoms with van der Waals surface area (Å²) in [6, 6.07) is 12.6. The number of nitrogens with one attached hydrogen (secondary N) is 3. The number of halogens is 2. The molecule has 73 heavy (non-hydrogen) atoms. The number of nitrogens with zero attached hydrogens (tertiary/aromatic N) is 3. The Bertz CT molecular complexity index is 2230. The molecule has 9 N–H and O–H groups in total. The maximum absolute atomic E-state index is 13.6. The molecule has 22 atom stereocenters. The van der Waals surface area contributed by atoms with Crippen molar-refractivity contribution in [1.82, 2.24) is 20.9 Å². The van der Waals surface area contributed by atoms with Crippen molar-refractivity contribution < 1.29 is 59.2 Å². The van der Waals surface area contributed by atoms with Crippen LogP contribution in [0.15, 0.2) is 48.5 Å². The first kappa shape index (κ1) is 57.9. The summed E-state index contributed by atoms with van der Waals surface area (Å²) in [4.78, 5) is 36.0. The lowest BCUT2D eigenvalue weighted by atomic mass is 9.85. The van der Waals surface area contributed by atoms with Crippen LogP contribution in [0, 0.1) is 25.0 Å². The molecule has 0 saturated carbocycles. The number of benzene rings is 2. The molecule has 0 bridgehead atoms. The number of alkyl halides is 2. The van der Waals surface area contributed by atoms with Crippen LogP contribution < -0.4 is 16.0 Å². The topological polar surface area (TPSA) is 240 Å². The third-order valence-electron chi connectivity index (χ3n) is 15.4. The minimum absolute atomic E-state index is 0.134. The largest absolute Gasteiger partial charge is 0.388 e. The van der Waals surface area contributed by atoms with Gasteiger partial charge in [0, 0.05) is 38.1 Å². The van der Waals surface area contributed by atoms with Crippen molar-refractivity contribution in [3.63, 3.8) is 0 Å². The normalized spacial score (nSPS) is 38.2. The second-order valence-electron chi connectivity index (χ2n) is 20.1. The summed E-state index contributed by atoms with van der Waals surface area (Å²) in [5, 5.41) is 70.3. The van der Waals surface area contributed by atoms with E-state index in [0.717, 1.165) is 25.7 Å². The molecule has 6 heterocycles. The van der Waals surface area contributed by atoms with Crippen LogP contribution in [0.25, 0.3) is 9.69 Å². The lowest BCUT2D eigenvalue weighted by molar-refractivity contribution is -0.205. The predicted octanol–water partition coefficient (Wildman–Crippen LogP) is 3.08. The highest BCUT2D eigenvalue weighted by Crippen LogP contribution is 2.41. The van der Waals surface area contributed by atoms with Gasteiger partial charge in [-0.25, -0.2) is 9.69 Å². The molecule has 0 spiro atoms. The third kappa shape index (κ3) is 13.1. The van der Waals surface area contributed by atoms with Crippen molar-refractivity contribution in [1.29, 1.82) is 0 Å². The quantitative estimate of drug-likeness (QED) is 0.110. The van der Waals surface area contributed by atoms with E-state index >= 15 is 0 Å². The van der Waals surface area contributed by atoms with Gasteiger partial charge < -0.3 is 65.5 Å². The van der Waals surface area contributed by atoms with Gasteiger partial charge in [0.25, 0.3) is 0 Å². The van der Waals surface area contributed by atoms with E-state index in [1.807, 2.05) is 60.5 Å². The average molecular weight is 1090 g/mol. The van der Waals surface area contributed by atoms with Crippen LogP contribution in [-0.2, 0) is 28.5 Å². The number of carbonyl (C=O) groups is 2. The van der Waals surface area contributed by atoms with Crippen LogP contribution in [0.2, 0.25) is 0 Å². The lowest BCUT2D eigenvalue weighted by Gasteiger charge is -2.44. The first-order valence-electron chi connectivity index (χ1n) is 24.9. The number of aliphatic hydroxyl groups is 6. The fourth-order valence-corrected chi connectivity index (χ4v) is 13.2. The Morgan fingerprint density at radius 1 is 0.685 bits per heavy atom. The van der Waals surface area contributed by atoms with E-state index in [-0.39, 0.29) is 47.7 Å². The van der Waals surface area contributed by atoms with Crippen molar-refractivity contribution in [3.8, 4) is 0 Å². The van der Waals surface area contributed by atoms with Crippen molar-refractivity contribution in [2.24, 2.45) is 11.8 Å². The zero-order valence-corrected chi connectivity index (χ0v) is 44.7. The molecule has 18 nitrogen and oxygen atoms in total. The smallest absolute Gasteiger partial charge is 0.240 e. The Labute approximate surface area is 446 Å². The molecule has 6 aliphatic rings. The molecule has 0 radical (unpaired) electrons. The van der Waals surface area contributed by atoms with E-state index in [1.54, 1.807) is 26.4 Å². The number of amides is 2. The molecule has 402 valence electrons. The number of hydrogen-bond acceptors (Lipinski definition) is 16. The number of aliphatic hydroxyl groups excluding tert-OH is 6. The highest BCUT2D eigenvalue weighted by Gasteiger charge is 2.52. The van der Waals surface area contributed by atoms with Gasteiger partial charge in [0.1, 0.15) is 71.8 Å². The fourth-order valence-electron chi connectivity index (χ4n) is 11.4. The van der Waals surface area contributed by atoms with Gasteiger partial charge in [0.15, 0.2) is 11.4 Å². The van der Waals surface area contributed by atoms with Crippen LogP contribution in [0.4, 0.5) is 11.4 Å². The monoisotopic (exact) mass is 1090 g/mol. The van der Waals surface area contributed by atoms with Gasteiger partial charge in [0.2, 0.25) is 11.8 Å². The zero-order chi connectivity index (χ0) is 52.8. The molecule has 2 amide bonds. The SMILES string of the molecule is [C-]#[N+]c1ccc([C@@H]2CCO[C@@H]3[C@@H](C2)CN(C)[C@@H]3C(=O)N[C@H]([C@H](C)Cl)[C@H]2OC(SC)[C@H](O)[C@H](O)C2O)cc1.[C-]#[N+]c1ccc([C@H]2CCO[C@@H]3[C@H](CN[C@@H]3C(=O)N[C@H]([C@H](C)Cl)[C@H]3OC(SC)[C@H](O)[C@H](O)C3O)C2)cc1. The van der Waals surface area contributed by atoms with Gasteiger partial charge in [-0.2, -0.15) is 0 Å². The Balaban J connectivity index is 0.000000214. The van der Waals surface area contributed by atoms with Crippen molar-refractivity contribution in [2.75, 3.05) is 45.9 Å². The Hall–Kier alpha value is -2.84. The van der Waals surface area contributed by atoms with Crippen molar-refractivity contribution in [3.05, 3.63) is 82.5 Å². The molecule has 2 aromatic rings. The van der Waals surface area contributed by atoms with Crippen LogP contribution in [0.3, 0.4) is 0 Å². The zero-order valence-electron chi connectivity index (χ0n) is 41.5. The lowest BCUT2D eigenvalue weighted by Crippen LogP contribution is -2.65. The highest BCUT2D eigenvalue weighted by atomic mass is 35.5. The van der Waals surface area contributed by atoms with Crippen LogP contribution in [0.1, 0.15) is 62.5 Å². The molecule has 0 aliphatic carbocycles. The number of ether oxygens (including phenoxy) is 4. The van der Waals surface area contributed by atoms with E-state index in [0.29, 0.717) is 37.7 Å². The second kappa shape index (κ2) is 26.0. The van der Waals surface area contributed by atoms with E-state index in [2.05, 4.69) is 25.6 Å². The third-order valence-corrected chi connectivity index (χ3v) is 17.7. The number of carbonyl (C=O) groups excluding carboxylic acids is 2. The summed E-state index contributed by atoms with van der Waals surface area (Å²) in [6.45, 7) is 20.1. The predicted molar refractivity (Wildman–Crippen MR) is 279 cm³/mol. The van der Waals surface area contributed by atoms with Crippen LogP contribution in [-0.4, -0.2) is 200 Å². The standard InChI is InChI=1S/C26H36ClN3O6S.C25H34ClN3O6S/c1-13(27)18(24-21(32)20(31)22(33)26(36-24)37-4)29-25(34)19-23-16(12-30(19)3)11-15(9-10-35-23)14-5-7-17(28-2)8-6-14;1-12(26)17(23-20(31)19(30)21(32)25(35-23)36-3)29-24(33)18-22-15(11-28-18)10-14(8-9-34-22)13-4-6-16(27-2)7-5-13/h5-8,13,15-16,18-24,26,31-33H,9-12H2,1,3-4H3,(H,29,34);4-7,12,14-15,17-23,25,28,30-32H,8-11H2,1,3H3,(H,29,33)/t13-,15+,16-,18+,19-,20+,21?,22+,23+,24+,26?;12-,14-,15-,17+,18-,19+,20?,21+,22+,23+,25?/m00/s1. The molecule has 8 rings (SSSR count). The van der Waals surface area contributed by atoms with E-state index in [4.69, 9.17) is 55.3 Å². The molecule has 6 saturated heterocycles. The summed E-state index contributed by atoms with van der Waals surface area (Å²) >= 11 is 15.3. The Kier molecular flexibility index (Phi) is 20.6. The number of thioether (sulfide) groups is 2. The first-order chi connectivity index (χ1) is 34.9. The molecular formula is C51H70Cl2N6O12S2. The van der Waals surface area contributed by atoms with Crippen molar-refractivity contribution in [2.45, 2.75) is 158 Å². The van der Waals surface area contributed by atoms with E-state index in [1.165, 1.54) is 34.7 Å². The van der Waals surface area contributed by atoms with E-state index < -0.39 is 94.6 Å². The summed E-state index contributed by atoms with van der Waals surface area (Å²) < 4.78 is 24.2. The van der Waals surface area contributed by atoms with Crippen LogP contribution in [0.5, 0.6) is 0 Å². The minimum atomic E-state index is -1.42. The summed E-state index contributed by atoms with van der Waals surface area (Å²) in [5.41, 5.74) is 2.05. The van der Waals surface area contributed by atoms with Gasteiger partial charge >= 0.3 is 0 Å². The number of likely N-dealkylation sites (tertiary alicyclic amines) is 1. The average Bonchev–Trinajstić information content (AvgIpc) is 3.76. The highest BCUT2D eigenvalue weighted by molar-refractivity contribution is 7.99. The molecular weight excluding hydrogens is 1020 g/mol. The van der Waals surface area contributed by atoms with Crippen LogP contribution >= 0.6 is 46.7 Å². The van der Waals surface area contributed by atoms with Gasteiger partial charge in [-0.1, -0.05) is 48.5 Å². The molecule has 2 aromatic carbocycles. The maximum atomic E-state index is 13.6. The summed E-state index contributed by atoms with van der Waals surface area (Å²) in [7, 11) is 1.90. The molecule has 4 unspecified atom stereocenters. The van der Waals surface area contributed by atoms with Gasteiger partial charge in [-0.15, -0.1) is 46.7 Å². The summed E-state index contributed by atoms with van der Waals surface area (Å²) in [6.07, 6.45) is -3.92. The van der Waals surface area contributed by atoms with Gasteiger partial charge in [-0.3, -0.25) is 14.5 Å². The number of fused-ring (bicyclic) bond motifs is 2. The minimum Gasteiger partial charge on any atom is -0.388 e. The maximum Gasteiger partial charge on any atom is 0.240 e. The van der Waals surface area contributed by atoms with Crippen molar-refractivity contribution >= 4 is 69.9 Å². The second-order valence-corrected chi connectivity index (χ2v) is 23.3. The van der Waals surface area contributed by atoms with Gasteiger partial charge in [0.05, 0.1) is 48.2 Å². The number of likely N-dealkylation sites (N-methyl/N-ethyl adjacent to an activating group) is 1. The fraction of sp³-hybridized carbons (Fsp3) is 0.686. The Morgan fingerprint density at radius 2 is 1.12 bits per heavy atom. The van der Waals surface area contributed by atoms with Gasteiger partial charge in [-0.05, 0) is 82.1 Å². The number of rotatable bonds is 12. The number of hydrogen-bond donors (Lipinski definition) is 9. The Morgan fingerprint density at radius 3 is 1.56 bits per heavy atom. The first-order valence-corrected chi connectivity index (χ1v) is 28.3. The molecule has 0 aromatic heterocycles. The molecule has 6 fully saturated rings. The van der Waals surface area contributed by atoms with E-state index in [9.17, 15) is 40.2 Å². The summed E-state index contributed by atoms with van der Waals surface area (Å²) in [5.74, 6) is 0.260. The molecule has 22 heteroatoms.